The summed E-state index contributed by atoms with van der Waals surface area (Å²) in [5.74, 6) is 3.61. The third-order valence-corrected chi connectivity index (χ3v) is 5.02. The van der Waals surface area contributed by atoms with Crippen molar-refractivity contribution in [2.45, 2.75) is 33.1 Å². The van der Waals surface area contributed by atoms with Gasteiger partial charge < -0.3 is 0 Å². The van der Waals surface area contributed by atoms with Crippen LogP contribution in [0.4, 0.5) is 0 Å². The van der Waals surface area contributed by atoms with E-state index in [0.717, 1.165) is 5.92 Å². The van der Waals surface area contributed by atoms with Gasteiger partial charge in [-0.3, -0.25) is 0 Å². The zero-order valence-electron chi connectivity index (χ0n) is 8.11. The fourth-order valence-electron chi connectivity index (χ4n) is 1.10. The van der Waals surface area contributed by atoms with Crippen LogP contribution >= 0.6 is 27.7 Å². The molecule has 1 aliphatic rings. The van der Waals surface area contributed by atoms with Gasteiger partial charge in [0.05, 0.1) is 0 Å². The molecule has 1 rings (SSSR count). The Morgan fingerprint density at radius 3 is 2.50 bits per heavy atom. The van der Waals surface area contributed by atoms with Crippen molar-refractivity contribution < 1.29 is 0 Å². The number of alkyl halides is 1. The molecule has 0 atom stereocenters. The molecule has 0 radical (unpaired) electrons. The highest BCUT2D eigenvalue weighted by atomic mass is 79.9. The smallest absolute Gasteiger partial charge is 0.00958 e. The van der Waals surface area contributed by atoms with Crippen LogP contribution in [0.3, 0.4) is 0 Å². The van der Waals surface area contributed by atoms with E-state index in [2.05, 4.69) is 41.5 Å². The normalized spacial score (nSPS) is 20.0. The number of halogens is 1. The zero-order valence-corrected chi connectivity index (χ0v) is 10.5. The molecule has 0 amide bonds. The van der Waals surface area contributed by atoms with E-state index in [1.54, 1.807) is 0 Å². The molecule has 0 nitrogen and oxygen atoms in total. The highest BCUT2D eigenvalue weighted by molar-refractivity contribution is 9.09. The largest absolute Gasteiger partial charge is 0.161 e. The Balaban J connectivity index is 1.95. The minimum Gasteiger partial charge on any atom is -0.161 e. The summed E-state index contributed by atoms with van der Waals surface area (Å²) in [6, 6.07) is 0. The van der Waals surface area contributed by atoms with E-state index in [9.17, 15) is 0 Å². The average molecular weight is 251 g/mol. The van der Waals surface area contributed by atoms with Gasteiger partial charge >= 0.3 is 0 Å². The summed E-state index contributed by atoms with van der Waals surface area (Å²) in [7, 11) is 0. The van der Waals surface area contributed by atoms with E-state index in [4.69, 9.17) is 0 Å². The molecule has 0 spiro atoms. The first-order chi connectivity index (χ1) is 5.68. The van der Waals surface area contributed by atoms with Crippen LogP contribution < -0.4 is 0 Å². The van der Waals surface area contributed by atoms with Crippen molar-refractivity contribution in [3.8, 4) is 0 Å². The Kier molecular flexibility index (Phi) is 4.45. The molecule has 0 heterocycles. The van der Waals surface area contributed by atoms with Gasteiger partial charge in [0, 0.05) is 5.33 Å². The van der Waals surface area contributed by atoms with E-state index < -0.39 is 0 Å². The number of thioether (sulfide) groups is 1. The van der Waals surface area contributed by atoms with E-state index in [0.29, 0.717) is 5.41 Å². The van der Waals surface area contributed by atoms with Crippen molar-refractivity contribution in [1.82, 2.24) is 0 Å². The molecule has 0 unspecified atom stereocenters. The van der Waals surface area contributed by atoms with Crippen LogP contribution in [0.15, 0.2) is 0 Å². The molecule has 1 fully saturated rings. The van der Waals surface area contributed by atoms with E-state index in [1.807, 2.05) is 0 Å². The van der Waals surface area contributed by atoms with Gasteiger partial charge in [-0.05, 0) is 42.1 Å². The van der Waals surface area contributed by atoms with Crippen molar-refractivity contribution in [3.05, 3.63) is 0 Å². The third-order valence-electron chi connectivity index (χ3n) is 2.49. The molecule has 2 heteroatoms. The van der Waals surface area contributed by atoms with E-state index >= 15 is 0 Å². The summed E-state index contributed by atoms with van der Waals surface area (Å²) in [4.78, 5) is 0. The predicted octanol–water partition coefficient (Wildman–Crippen LogP) is 3.94. The lowest BCUT2D eigenvalue weighted by Crippen LogP contribution is -2.06. The Hall–Kier alpha value is 0.830. The first-order valence-electron chi connectivity index (χ1n) is 4.82. The SMILES string of the molecule is CC(C)CCSCC1(CBr)CC1. The first kappa shape index (κ1) is 10.9. The second kappa shape index (κ2) is 4.90. The monoisotopic (exact) mass is 250 g/mol. The average Bonchev–Trinajstić information content (AvgIpc) is 2.79. The van der Waals surface area contributed by atoms with Gasteiger partial charge in [-0.1, -0.05) is 29.8 Å². The summed E-state index contributed by atoms with van der Waals surface area (Å²) >= 11 is 5.75. The van der Waals surface area contributed by atoms with Gasteiger partial charge in [-0.15, -0.1) is 0 Å². The molecule has 0 aliphatic heterocycles. The lowest BCUT2D eigenvalue weighted by molar-refractivity contribution is 0.629. The molecular weight excluding hydrogens is 232 g/mol. The Morgan fingerprint density at radius 2 is 2.08 bits per heavy atom. The van der Waals surface area contributed by atoms with Crippen LogP contribution in [-0.4, -0.2) is 16.8 Å². The van der Waals surface area contributed by atoms with E-state index in [1.165, 1.54) is 36.1 Å². The summed E-state index contributed by atoms with van der Waals surface area (Å²) in [6.07, 6.45) is 4.28. The van der Waals surface area contributed by atoms with Crippen LogP contribution in [0.25, 0.3) is 0 Å². The molecule has 0 aromatic carbocycles. The topological polar surface area (TPSA) is 0 Å². The molecule has 0 N–H and O–H groups in total. The molecule has 0 aromatic rings. The quantitative estimate of drug-likeness (QED) is 0.509. The Labute approximate surface area is 89.0 Å². The van der Waals surface area contributed by atoms with Gasteiger partial charge in [0.2, 0.25) is 0 Å². The van der Waals surface area contributed by atoms with Gasteiger partial charge in [-0.25, -0.2) is 0 Å². The summed E-state index contributed by atoms with van der Waals surface area (Å²) in [6.45, 7) is 4.61. The maximum Gasteiger partial charge on any atom is 0.00958 e. The van der Waals surface area contributed by atoms with Crippen LogP contribution in [-0.2, 0) is 0 Å². The second-order valence-electron chi connectivity index (χ2n) is 4.37. The van der Waals surface area contributed by atoms with Crippen LogP contribution in [0.1, 0.15) is 33.1 Å². The number of rotatable bonds is 6. The minimum atomic E-state index is 0.710. The van der Waals surface area contributed by atoms with Gasteiger partial charge in [-0.2, -0.15) is 11.8 Å². The second-order valence-corrected chi connectivity index (χ2v) is 6.03. The zero-order chi connectivity index (χ0) is 9.03. The lowest BCUT2D eigenvalue weighted by Gasteiger charge is -2.10. The summed E-state index contributed by atoms with van der Waals surface area (Å²) < 4.78 is 0. The van der Waals surface area contributed by atoms with Crippen molar-refractivity contribution in [2.24, 2.45) is 11.3 Å². The fourth-order valence-corrected chi connectivity index (χ4v) is 3.73. The minimum absolute atomic E-state index is 0.710. The maximum absolute atomic E-state index is 3.60. The number of hydrogen-bond donors (Lipinski definition) is 0. The van der Waals surface area contributed by atoms with Gasteiger partial charge in [0.1, 0.15) is 0 Å². The first-order valence-corrected chi connectivity index (χ1v) is 7.10. The third kappa shape index (κ3) is 3.69. The van der Waals surface area contributed by atoms with Crippen molar-refractivity contribution >= 4 is 27.7 Å². The van der Waals surface area contributed by atoms with Crippen LogP contribution in [0, 0.1) is 11.3 Å². The predicted molar refractivity (Wildman–Crippen MR) is 62.2 cm³/mol. The van der Waals surface area contributed by atoms with Gasteiger partial charge in [0.25, 0.3) is 0 Å². The lowest BCUT2D eigenvalue weighted by atomic mass is 10.2. The van der Waals surface area contributed by atoms with Gasteiger partial charge in [0.15, 0.2) is 0 Å². The molecule has 1 saturated carbocycles. The van der Waals surface area contributed by atoms with Crippen molar-refractivity contribution in [1.29, 1.82) is 0 Å². The molecular formula is C10H19BrS. The highest BCUT2D eigenvalue weighted by Crippen LogP contribution is 2.49. The standard InChI is InChI=1S/C10H19BrS/c1-9(2)3-6-12-8-10(7-11)4-5-10/h9H,3-8H2,1-2H3. The molecule has 0 saturated heterocycles. The van der Waals surface area contributed by atoms with E-state index in [-0.39, 0.29) is 0 Å². The molecule has 0 aromatic heterocycles. The number of hydrogen-bond acceptors (Lipinski definition) is 1. The maximum atomic E-state index is 3.60. The fraction of sp³-hybridized carbons (Fsp3) is 1.00. The van der Waals surface area contributed by atoms with Crippen molar-refractivity contribution in [3.63, 3.8) is 0 Å². The molecule has 1 aliphatic carbocycles. The summed E-state index contributed by atoms with van der Waals surface area (Å²) in [5, 5.41) is 1.22. The van der Waals surface area contributed by atoms with Crippen molar-refractivity contribution in [2.75, 3.05) is 16.8 Å². The van der Waals surface area contributed by atoms with Crippen LogP contribution in [0.2, 0.25) is 0 Å². The molecule has 72 valence electrons. The van der Waals surface area contributed by atoms with Crippen LogP contribution in [0.5, 0.6) is 0 Å². The Morgan fingerprint density at radius 1 is 1.42 bits per heavy atom. The summed E-state index contributed by atoms with van der Waals surface area (Å²) in [5.41, 5.74) is 0.710. The molecule has 12 heavy (non-hydrogen) atoms. The highest BCUT2D eigenvalue weighted by Gasteiger charge is 2.40. The Bertz CT molecular complexity index is 130. The molecule has 0 bridgehead atoms.